The Morgan fingerprint density at radius 2 is 1.09 bits per heavy atom. The first-order chi connectivity index (χ1) is 27.3. The maximum atomic E-state index is 12.7. The van der Waals surface area contributed by atoms with Gasteiger partial charge in [-0.25, -0.2) is 0 Å². The Morgan fingerprint density at radius 1 is 0.632 bits per heavy atom. The van der Waals surface area contributed by atoms with Gasteiger partial charge in [-0.2, -0.15) is 0 Å². The minimum Gasteiger partial charge on any atom is -0.756 e. The number of hydrogen-bond acceptors (Lipinski definition) is 9. The van der Waals surface area contributed by atoms with Crippen molar-refractivity contribution >= 4 is 19.8 Å². The lowest BCUT2D eigenvalue weighted by Gasteiger charge is -2.28. The Bertz CT molecular complexity index is 1130. The molecule has 0 saturated heterocycles. The number of carbonyl (C=O) groups is 2. The third-order valence-electron chi connectivity index (χ3n) is 9.37. The van der Waals surface area contributed by atoms with Crippen LogP contribution < -0.4 is 4.89 Å². The van der Waals surface area contributed by atoms with Crippen LogP contribution in [-0.2, 0) is 32.7 Å². The van der Waals surface area contributed by atoms with Gasteiger partial charge in [0.1, 0.15) is 19.8 Å². The molecule has 0 saturated carbocycles. The quantitative estimate of drug-likeness (QED) is 0.0211. The number of aliphatic hydroxyl groups excluding tert-OH is 1. The highest BCUT2D eigenvalue weighted by Crippen LogP contribution is 2.38. The zero-order valence-corrected chi connectivity index (χ0v) is 37.8. The maximum Gasteiger partial charge on any atom is 0.306 e. The normalized spacial score (nSPS) is 14.6. The van der Waals surface area contributed by atoms with Crippen molar-refractivity contribution in [1.82, 2.24) is 0 Å². The van der Waals surface area contributed by atoms with E-state index < -0.39 is 32.5 Å². The van der Waals surface area contributed by atoms with Gasteiger partial charge in [0.05, 0.1) is 33.9 Å². The van der Waals surface area contributed by atoms with E-state index in [9.17, 15) is 24.2 Å². The fourth-order valence-electron chi connectivity index (χ4n) is 5.84. The van der Waals surface area contributed by atoms with Crippen molar-refractivity contribution < 1.29 is 47.2 Å². The number of ether oxygens (including phenoxy) is 2. The van der Waals surface area contributed by atoms with E-state index in [1.165, 1.54) is 77.0 Å². The average Bonchev–Trinajstić information content (AvgIpc) is 3.14. The predicted octanol–water partition coefficient (Wildman–Crippen LogP) is 11.0. The number of likely N-dealkylation sites (N-methyl/N-ethyl adjacent to an activating group) is 1. The monoisotopic (exact) mass is 826 g/mol. The van der Waals surface area contributed by atoms with E-state index >= 15 is 0 Å². The van der Waals surface area contributed by atoms with Crippen LogP contribution in [0.15, 0.2) is 48.6 Å². The lowest BCUT2D eigenvalue weighted by Crippen LogP contribution is -2.37. The number of allylic oxidation sites excluding steroid dienone is 8. The SMILES string of the molecule is CCCCCCCCCCCCCCCCCC(=O)OC[C@H](COP(=O)([O-])OCC[N+](C)(C)C)OC(=O)CCC/C=C\C/C=C\C/C=C\C/C=C\CCC[C@H](C)O. The number of rotatable bonds is 40. The van der Waals surface area contributed by atoms with Gasteiger partial charge in [0.25, 0.3) is 7.82 Å². The molecule has 0 heterocycles. The van der Waals surface area contributed by atoms with Crippen molar-refractivity contribution in [2.45, 2.75) is 187 Å². The van der Waals surface area contributed by atoms with Crippen LogP contribution >= 0.6 is 7.82 Å². The number of unbranched alkanes of at least 4 members (excludes halogenated alkanes) is 16. The molecule has 3 atom stereocenters. The van der Waals surface area contributed by atoms with Crippen molar-refractivity contribution in [3.8, 4) is 0 Å². The Morgan fingerprint density at radius 3 is 1.58 bits per heavy atom. The molecule has 332 valence electrons. The number of nitrogens with zero attached hydrogens (tertiary/aromatic N) is 1. The first-order valence-corrected chi connectivity index (χ1v) is 23.8. The Hall–Kier alpha value is -2.07. The van der Waals surface area contributed by atoms with Gasteiger partial charge < -0.3 is 33.0 Å². The topological polar surface area (TPSA) is 131 Å². The summed E-state index contributed by atoms with van der Waals surface area (Å²) in [5, 5.41) is 9.28. The van der Waals surface area contributed by atoms with E-state index in [-0.39, 0.29) is 32.2 Å². The molecular formula is C46H84NO9P. The van der Waals surface area contributed by atoms with E-state index in [1.807, 2.05) is 34.1 Å². The molecule has 0 aromatic heterocycles. The van der Waals surface area contributed by atoms with Crippen molar-refractivity contribution in [3.05, 3.63) is 48.6 Å². The molecule has 0 radical (unpaired) electrons. The minimum atomic E-state index is -4.65. The number of esters is 2. The first kappa shape index (κ1) is 54.9. The van der Waals surface area contributed by atoms with Gasteiger partial charge in [-0.3, -0.25) is 14.2 Å². The molecule has 0 aliphatic rings. The van der Waals surface area contributed by atoms with Crippen LogP contribution in [0.1, 0.15) is 174 Å². The number of phosphoric acid groups is 1. The molecule has 0 bridgehead atoms. The predicted molar refractivity (Wildman–Crippen MR) is 233 cm³/mol. The molecular weight excluding hydrogens is 741 g/mol. The fraction of sp³-hybridized carbons (Fsp3) is 0.783. The number of carbonyl (C=O) groups excluding carboxylic acids is 2. The van der Waals surface area contributed by atoms with Crippen LogP contribution in [0.5, 0.6) is 0 Å². The lowest BCUT2D eigenvalue weighted by molar-refractivity contribution is -0.870. The van der Waals surface area contributed by atoms with Crippen molar-refractivity contribution in [3.63, 3.8) is 0 Å². The fourth-order valence-corrected chi connectivity index (χ4v) is 6.57. The summed E-state index contributed by atoms with van der Waals surface area (Å²) in [5.74, 6) is -0.915. The number of quaternary nitrogens is 1. The van der Waals surface area contributed by atoms with Gasteiger partial charge in [-0.15, -0.1) is 0 Å². The Kier molecular flexibility index (Phi) is 36.8. The van der Waals surface area contributed by atoms with Gasteiger partial charge in [0.15, 0.2) is 6.10 Å². The molecule has 11 heteroatoms. The maximum absolute atomic E-state index is 12.7. The molecule has 0 aliphatic carbocycles. The summed E-state index contributed by atoms with van der Waals surface area (Å²) in [6, 6.07) is 0. The van der Waals surface area contributed by atoms with Crippen LogP contribution in [0.2, 0.25) is 0 Å². The highest BCUT2D eigenvalue weighted by molar-refractivity contribution is 7.45. The van der Waals surface area contributed by atoms with Gasteiger partial charge in [-0.1, -0.05) is 145 Å². The molecule has 10 nitrogen and oxygen atoms in total. The largest absolute Gasteiger partial charge is 0.756 e. The van der Waals surface area contributed by atoms with Crippen molar-refractivity contribution in [2.24, 2.45) is 0 Å². The molecule has 0 amide bonds. The second-order valence-corrected chi connectivity index (χ2v) is 17.8. The Balaban J connectivity index is 4.44. The molecule has 0 aromatic rings. The summed E-state index contributed by atoms with van der Waals surface area (Å²) in [5.41, 5.74) is 0. The second kappa shape index (κ2) is 38.2. The molecule has 0 aromatic carbocycles. The summed E-state index contributed by atoms with van der Waals surface area (Å²) in [7, 11) is 1.11. The van der Waals surface area contributed by atoms with Crippen LogP contribution in [0, 0.1) is 0 Å². The lowest BCUT2D eigenvalue weighted by atomic mass is 10.0. The zero-order chi connectivity index (χ0) is 42.3. The summed E-state index contributed by atoms with van der Waals surface area (Å²) < 4.78 is 33.8. The van der Waals surface area contributed by atoms with E-state index in [2.05, 4.69) is 49.5 Å². The Labute approximate surface area is 348 Å². The van der Waals surface area contributed by atoms with Gasteiger partial charge in [-0.05, 0) is 64.7 Å². The van der Waals surface area contributed by atoms with E-state index in [4.69, 9.17) is 18.5 Å². The van der Waals surface area contributed by atoms with Gasteiger partial charge in [0, 0.05) is 12.8 Å². The van der Waals surface area contributed by atoms with Crippen LogP contribution in [-0.4, -0.2) is 81.2 Å². The third-order valence-corrected chi connectivity index (χ3v) is 10.3. The highest BCUT2D eigenvalue weighted by atomic mass is 31.2. The summed E-state index contributed by atoms with van der Waals surface area (Å²) >= 11 is 0. The molecule has 0 rings (SSSR count). The third kappa shape index (κ3) is 43.3. The smallest absolute Gasteiger partial charge is 0.306 e. The number of hydrogen-bond donors (Lipinski definition) is 1. The molecule has 1 unspecified atom stereocenters. The molecule has 1 N–H and O–H groups in total. The summed E-state index contributed by atoms with van der Waals surface area (Å²) in [6.07, 6.45) is 41.3. The molecule has 0 fully saturated rings. The van der Waals surface area contributed by atoms with Crippen LogP contribution in [0.3, 0.4) is 0 Å². The molecule has 0 spiro atoms. The van der Waals surface area contributed by atoms with E-state index in [0.717, 1.165) is 57.8 Å². The van der Waals surface area contributed by atoms with Gasteiger partial charge in [0.2, 0.25) is 0 Å². The summed E-state index contributed by atoms with van der Waals surface area (Å²) in [6.45, 7) is 3.70. The number of aliphatic hydroxyl groups is 1. The highest BCUT2D eigenvalue weighted by Gasteiger charge is 2.21. The zero-order valence-electron chi connectivity index (χ0n) is 36.9. The molecule has 57 heavy (non-hydrogen) atoms. The van der Waals surface area contributed by atoms with Crippen molar-refractivity contribution in [2.75, 3.05) is 47.5 Å². The first-order valence-electron chi connectivity index (χ1n) is 22.4. The summed E-state index contributed by atoms with van der Waals surface area (Å²) in [4.78, 5) is 37.5. The van der Waals surface area contributed by atoms with Crippen molar-refractivity contribution in [1.29, 1.82) is 0 Å². The number of phosphoric ester groups is 1. The second-order valence-electron chi connectivity index (χ2n) is 16.3. The average molecular weight is 826 g/mol. The minimum absolute atomic E-state index is 0.0471. The van der Waals surface area contributed by atoms with E-state index in [0.29, 0.717) is 23.9 Å². The van der Waals surface area contributed by atoms with Gasteiger partial charge >= 0.3 is 11.9 Å². The standard InChI is InChI=1S/C46H84NO9P/c1-6-7-8-9-10-11-12-13-15-19-22-25-28-31-34-37-45(49)53-41-44(42-55-57(51,52)54-40-39-47(3,4)5)56-46(50)38-35-32-29-26-23-20-17-14-16-18-21-24-27-30-33-36-43(2)48/h16-18,20,24,26-27,29,43-44,48H,6-15,19,21-23,25,28,30-42H2,1-5H3/b18-16-,20-17-,27-24-,29-26-/t43-,44+/m0/s1. The molecule has 0 aliphatic heterocycles. The van der Waals surface area contributed by atoms with E-state index in [1.54, 1.807) is 0 Å². The van der Waals surface area contributed by atoms with Crippen LogP contribution in [0.25, 0.3) is 0 Å². The van der Waals surface area contributed by atoms with Crippen LogP contribution in [0.4, 0.5) is 0 Å².